The van der Waals surface area contributed by atoms with Crippen LogP contribution in [-0.2, 0) is 4.74 Å². The number of piperazine rings is 1. The van der Waals surface area contributed by atoms with Gasteiger partial charge in [-0.2, -0.15) is 0 Å². The van der Waals surface area contributed by atoms with E-state index in [0.717, 1.165) is 75.5 Å². The predicted octanol–water partition coefficient (Wildman–Crippen LogP) is 1.73. The molecule has 2 aromatic rings. The quantitative estimate of drug-likeness (QED) is 0.849. The van der Waals surface area contributed by atoms with Crippen molar-refractivity contribution in [1.29, 1.82) is 0 Å². The van der Waals surface area contributed by atoms with Gasteiger partial charge in [0.2, 0.25) is 0 Å². The molecule has 0 radical (unpaired) electrons. The van der Waals surface area contributed by atoms with Crippen molar-refractivity contribution in [2.75, 3.05) is 69.3 Å². The van der Waals surface area contributed by atoms with Gasteiger partial charge in [-0.3, -0.25) is 0 Å². The summed E-state index contributed by atoms with van der Waals surface area (Å²) < 4.78 is 5.49. The maximum atomic E-state index is 5.49. The zero-order chi connectivity index (χ0) is 17.1. The molecule has 0 N–H and O–H groups in total. The fraction of sp³-hybridized carbons (Fsp3) is 0.474. The minimum absolute atomic E-state index is 0.758. The number of hydrogen-bond acceptors (Lipinski definition) is 6. The van der Waals surface area contributed by atoms with E-state index in [2.05, 4.69) is 39.9 Å². The molecule has 3 heterocycles. The average Bonchev–Trinajstić information content (AvgIpc) is 2.69. The lowest BCUT2D eigenvalue weighted by molar-refractivity contribution is 0.122. The molecule has 2 aliphatic heterocycles. The van der Waals surface area contributed by atoms with Crippen molar-refractivity contribution in [2.24, 2.45) is 0 Å². The maximum Gasteiger partial charge on any atom is 0.163 e. The summed E-state index contributed by atoms with van der Waals surface area (Å²) in [6.45, 7) is 7.42. The standard InChI is InChI=1S/C19H25N5O/c1-22-7-9-23(10-8-22)17-15-18(24-11-13-25-14-12-24)21-19(20-17)16-5-3-2-4-6-16/h2-6,15H,7-14H2,1H3. The molecule has 0 atom stereocenters. The van der Waals surface area contributed by atoms with Gasteiger partial charge in [-0.05, 0) is 7.05 Å². The number of benzene rings is 1. The van der Waals surface area contributed by atoms with E-state index in [0.29, 0.717) is 0 Å². The SMILES string of the molecule is CN1CCN(c2cc(N3CCOCC3)nc(-c3ccccc3)n2)CC1. The number of morpholine rings is 1. The molecule has 2 saturated heterocycles. The number of anilines is 2. The third kappa shape index (κ3) is 3.75. The molecule has 6 heteroatoms. The number of likely N-dealkylation sites (N-methyl/N-ethyl adjacent to an activating group) is 1. The molecular formula is C19H25N5O. The Labute approximate surface area is 149 Å². The second-order valence-corrected chi connectivity index (χ2v) is 6.66. The molecule has 0 amide bonds. The zero-order valence-electron chi connectivity index (χ0n) is 14.8. The van der Waals surface area contributed by atoms with Gasteiger partial charge in [0.25, 0.3) is 0 Å². The Bertz CT molecular complexity index is 694. The summed E-state index contributed by atoms with van der Waals surface area (Å²) in [4.78, 5) is 16.8. The third-order valence-electron chi connectivity index (χ3n) is 4.89. The van der Waals surface area contributed by atoms with Crippen molar-refractivity contribution in [2.45, 2.75) is 0 Å². The average molecular weight is 339 g/mol. The van der Waals surface area contributed by atoms with Crippen LogP contribution in [0.5, 0.6) is 0 Å². The fourth-order valence-electron chi connectivity index (χ4n) is 3.29. The Morgan fingerprint density at radius 1 is 0.800 bits per heavy atom. The van der Waals surface area contributed by atoms with Crippen LogP contribution in [0.1, 0.15) is 0 Å². The smallest absolute Gasteiger partial charge is 0.163 e. The summed E-state index contributed by atoms with van der Waals surface area (Å²) in [6.07, 6.45) is 0. The third-order valence-corrected chi connectivity index (χ3v) is 4.89. The molecule has 0 aliphatic carbocycles. The lowest BCUT2D eigenvalue weighted by Crippen LogP contribution is -2.45. The summed E-state index contributed by atoms with van der Waals surface area (Å²) in [5, 5.41) is 0. The number of aromatic nitrogens is 2. The van der Waals surface area contributed by atoms with E-state index in [1.165, 1.54) is 0 Å². The van der Waals surface area contributed by atoms with Crippen molar-refractivity contribution < 1.29 is 4.74 Å². The molecule has 4 rings (SSSR count). The Kier molecular flexibility index (Phi) is 4.81. The molecule has 132 valence electrons. The van der Waals surface area contributed by atoms with Gasteiger partial charge in [0.1, 0.15) is 11.6 Å². The first-order valence-corrected chi connectivity index (χ1v) is 9.00. The van der Waals surface area contributed by atoms with E-state index < -0.39 is 0 Å². The molecular weight excluding hydrogens is 314 g/mol. The number of ether oxygens (including phenoxy) is 1. The van der Waals surface area contributed by atoms with E-state index in [9.17, 15) is 0 Å². The van der Waals surface area contributed by atoms with Gasteiger partial charge < -0.3 is 19.4 Å². The van der Waals surface area contributed by atoms with Gasteiger partial charge in [-0.15, -0.1) is 0 Å². The molecule has 2 aliphatic rings. The van der Waals surface area contributed by atoms with E-state index in [4.69, 9.17) is 14.7 Å². The van der Waals surface area contributed by atoms with Crippen LogP contribution in [0.25, 0.3) is 11.4 Å². The Hall–Kier alpha value is -2.18. The van der Waals surface area contributed by atoms with Gasteiger partial charge in [-0.25, -0.2) is 9.97 Å². The summed E-state index contributed by atoms with van der Waals surface area (Å²) in [5.74, 6) is 2.84. The summed E-state index contributed by atoms with van der Waals surface area (Å²) in [7, 11) is 2.17. The minimum atomic E-state index is 0.758. The van der Waals surface area contributed by atoms with E-state index in [-0.39, 0.29) is 0 Å². The lowest BCUT2D eigenvalue weighted by atomic mass is 10.2. The van der Waals surface area contributed by atoms with Crippen LogP contribution in [-0.4, -0.2) is 74.4 Å². The van der Waals surface area contributed by atoms with Crippen molar-refractivity contribution in [3.63, 3.8) is 0 Å². The van der Waals surface area contributed by atoms with Crippen LogP contribution in [0, 0.1) is 0 Å². The topological polar surface area (TPSA) is 44.7 Å². The van der Waals surface area contributed by atoms with Gasteiger partial charge in [0.05, 0.1) is 13.2 Å². The summed E-state index contributed by atoms with van der Waals surface area (Å²) in [5.41, 5.74) is 1.06. The highest BCUT2D eigenvalue weighted by atomic mass is 16.5. The van der Waals surface area contributed by atoms with Crippen LogP contribution in [0.2, 0.25) is 0 Å². The van der Waals surface area contributed by atoms with Gasteiger partial charge in [-0.1, -0.05) is 30.3 Å². The zero-order valence-corrected chi connectivity index (χ0v) is 14.8. The van der Waals surface area contributed by atoms with Crippen LogP contribution >= 0.6 is 0 Å². The highest BCUT2D eigenvalue weighted by Gasteiger charge is 2.20. The number of rotatable bonds is 3. The number of hydrogen-bond donors (Lipinski definition) is 0. The predicted molar refractivity (Wildman–Crippen MR) is 100 cm³/mol. The molecule has 25 heavy (non-hydrogen) atoms. The highest BCUT2D eigenvalue weighted by molar-refractivity contribution is 5.62. The second-order valence-electron chi connectivity index (χ2n) is 6.66. The molecule has 1 aromatic carbocycles. The first kappa shape index (κ1) is 16.3. The molecule has 1 aromatic heterocycles. The highest BCUT2D eigenvalue weighted by Crippen LogP contribution is 2.25. The Morgan fingerprint density at radius 3 is 2.04 bits per heavy atom. The van der Waals surface area contributed by atoms with Crippen molar-refractivity contribution in [3.05, 3.63) is 36.4 Å². The largest absolute Gasteiger partial charge is 0.378 e. The summed E-state index contributed by atoms with van der Waals surface area (Å²) >= 11 is 0. The fourth-order valence-corrected chi connectivity index (χ4v) is 3.29. The van der Waals surface area contributed by atoms with Crippen LogP contribution < -0.4 is 9.80 Å². The Morgan fingerprint density at radius 2 is 1.40 bits per heavy atom. The molecule has 0 unspecified atom stereocenters. The van der Waals surface area contributed by atoms with Crippen LogP contribution in [0.3, 0.4) is 0 Å². The minimum Gasteiger partial charge on any atom is -0.378 e. The second kappa shape index (κ2) is 7.37. The molecule has 0 saturated carbocycles. The van der Waals surface area contributed by atoms with Crippen molar-refractivity contribution >= 4 is 11.6 Å². The first-order chi connectivity index (χ1) is 12.3. The van der Waals surface area contributed by atoms with Gasteiger partial charge in [0, 0.05) is 50.9 Å². The molecule has 0 bridgehead atoms. The van der Waals surface area contributed by atoms with Crippen molar-refractivity contribution in [1.82, 2.24) is 14.9 Å². The first-order valence-electron chi connectivity index (χ1n) is 9.00. The van der Waals surface area contributed by atoms with Crippen molar-refractivity contribution in [3.8, 4) is 11.4 Å². The Balaban J connectivity index is 1.69. The molecule has 6 nitrogen and oxygen atoms in total. The van der Waals surface area contributed by atoms with Gasteiger partial charge >= 0.3 is 0 Å². The maximum absolute atomic E-state index is 5.49. The van der Waals surface area contributed by atoms with Gasteiger partial charge in [0.15, 0.2) is 5.82 Å². The van der Waals surface area contributed by atoms with Crippen LogP contribution in [0.15, 0.2) is 36.4 Å². The number of nitrogens with zero attached hydrogens (tertiary/aromatic N) is 5. The van der Waals surface area contributed by atoms with E-state index in [1.807, 2.05) is 18.2 Å². The van der Waals surface area contributed by atoms with E-state index in [1.54, 1.807) is 0 Å². The normalized spacial score (nSPS) is 19.2. The summed E-state index contributed by atoms with van der Waals surface area (Å²) in [6, 6.07) is 12.4. The van der Waals surface area contributed by atoms with E-state index >= 15 is 0 Å². The van der Waals surface area contributed by atoms with Crippen LogP contribution in [0.4, 0.5) is 11.6 Å². The molecule has 0 spiro atoms. The lowest BCUT2D eigenvalue weighted by Gasteiger charge is -2.34. The monoisotopic (exact) mass is 339 g/mol. The molecule has 2 fully saturated rings.